The molecule has 0 saturated heterocycles. The minimum Gasteiger partial charge on any atom is -0.507 e. The fraction of sp³-hybridized carbons (Fsp3) is 0.865. The first kappa shape index (κ1) is 67.8. The number of esters is 1. The summed E-state index contributed by atoms with van der Waals surface area (Å²) >= 11 is 0. The molecule has 20 heteroatoms. The number of rotatable bonds is 54. The van der Waals surface area contributed by atoms with Crippen molar-refractivity contribution in [3.05, 3.63) is 28.8 Å². The molecule has 1 rings (SSSR count). The molecule has 0 aliphatic rings. The smallest absolute Gasteiger partial charge is 0.306 e. The van der Waals surface area contributed by atoms with E-state index in [2.05, 4.69) is 41.5 Å². The van der Waals surface area contributed by atoms with E-state index in [4.69, 9.17) is 85.3 Å². The van der Waals surface area contributed by atoms with Crippen molar-refractivity contribution in [1.82, 2.24) is 0 Å². The first-order valence-electron chi connectivity index (χ1n) is 25.7. The highest BCUT2D eigenvalue weighted by molar-refractivity contribution is 5.69. The minimum absolute atomic E-state index is 0.184. The van der Waals surface area contributed by atoms with Crippen molar-refractivity contribution in [2.45, 2.75) is 65.2 Å². The second-order valence-electron chi connectivity index (χ2n) is 18.1. The van der Waals surface area contributed by atoms with Crippen LogP contribution in [0.1, 0.15) is 64.7 Å². The van der Waals surface area contributed by atoms with Gasteiger partial charge in [-0.2, -0.15) is 0 Å². The molecule has 0 aromatic heterocycles. The first-order chi connectivity index (χ1) is 35.0. The Kier molecular flexibility index (Phi) is 45.6. The molecule has 0 unspecified atom stereocenters. The summed E-state index contributed by atoms with van der Waals surface area (Å²) in [4.78, 5) is 12.4. The maximum absolute atomic E-state index is 12.4. The molecular formula is C52H96O20. The highest BCUT2D eigenvalue weighted by atomic mass is 16.6. The molecule has 20 nitrogen and oxygen atoms in total. The number of methoxy groups -OCH3 is 1. The van der Waals surface area contributed by atoms with Gasteiger partial charge in [-0.3, -0.25) is 4.79 Å². The van der Waals surface area contributed by atoms with Gasteiger partial charge in [0.2, 0.25) is 0 Å². The summed E-state index contributed by atoms with van der Waals surface area (Å²) in [7, 11) is 1.64. The molecule has 0 aliphatic carbocycles. The van der Waals surface area contributed by atoms with Gasteiger partial charge in [-0.15, -0.1) is 0 Å². The van der Waals surface area contributed by atoms with Gasteiger partial charge in [0, 0.05) is 13.5 Å². The second kappa shape index (κ2) is 48.5. The van der Waals surface area contributed by atoms with Crippen molar-refractivity contribution in [2.75, 3.05) is 232 Å². The molecule has 424 valence electrons. The van der Waals surface area contributed by atoms with E-state index in [1.807, 2.05) is 12.1 Å². The zero-order valence-electron chi connectivity index (χ0n) is 45.3. The Bertz CT molecular complexity index is 1310. The van der Waals surface area contributed by atoms with Crippen LogP contribution in [0.25, 0.3) is 0 Å². The summed E-state index contributed by atoms with van der Waals surface area (Å²) in [6.07, 6.45) is 0.793. The van der Waals surface area contributed by atoms with Crippen LogP contribution in [0.5, 0.6) is 5.75 Å². The maximum Gasteiger partial charge on any atom is 0.306 e. The fourth-order valence-electron chi connectivity index (χ4n) is 6.06. The predicted molar refractivity (Wildman–Crippen MR) is 270 cm³/mol. The van der Waals surface area contributed by atoms with Crippen LogP contribution in [-0.4, -0.2) is 243 Å². The molecule has 0 heterocycles. The predicted octanol–water partition coefficient (Wildman–Crippen LogP) is 4.38. The number of hydrogen-bond acceptors (Lipinski definition) is 20. The van der Waals surface area contributed by atoms with Crippen LogP contribution in [0.4, 0.5) is 0 Å². The number of aryl methyl sites for hydroxylation is 1. The van der Waals surface area contributed by atoms with Gasteiger partial charge >= 0.3 is 5.97 Å². The number of ether oxygens (including phenoxy) is 18. The summed E-state index contributed by atoms with van der Waals surface area (Å²) in [5.41, 5.74) is 2.33. The van der Waals surface area contributed by atoms with Crippen LogP contribution in [-0.2, 0) is 107 Å². The number of hydrogen-bond donors (Lipinski definition) is 1. The highest BCUT2D eigenvalue weighted by Crippen LogP contribution is 2.40. The quantitative estimate of drug-likeness (QED) is 0.0711. The van der Waals surface area contributed by atoms with Gasteiger partial charge in [0.15, 0.2) is 0 Å². The standard InChI is InChI=1S/C52H96O20/c1-51(2,3)47-44-46(45-48(50(47)54)52(4,5)6)8-9-49(53)72-43-42-71-41-40-70-39-38-69-37-36-68-35-34-67-33-32-66-31-30-65-29-28-64-27-26-63-25-24-62-23-22-61-21-20-60-19-18-59-17-16-58-15-14-57-13-12-56-11-10-55-7/h44-45,54H,8-43H2,1-7H3. The average Bonchev–Trinajstić information content (AvgIpc) is 3.34. The Balaban J connectivity index is 1.71. The van der Waals surface area contributed by atoms with Crippen LogP contribution in [0.3, 0.4) is 0 Å². The van der Waals surface area contributed by atoms with Gasteiger partial charge in [0.25, 0.3) is 0 Å². The number of aromatic hydroxyl groups is 1. The largest absolute Gasteiger partial charge is 0.507 e. The van der Waals surface area contributed by atoms with Crippen LogP contribution in [0.15, 0.2) is 12.1 Å². The third kappa shape index (κ3) is 43.1. The lowest BCUT2D eigenvalue weighted by Gasteiger charge is -2.28. The van der Waals surface area contributed by atoms with E-state index in [-0.39, 0.29) is 29.8 Å². The van der Waals surface area contributed by atoms with E-state index in [0.717, 1.165) is 16.7 Å². The van der Waals surface area contributed by atoms with E-state index in [1.54, 1.807) is 7.11 Å². The van der Waals surface area contributed by atoms with Crippen LogP contribution in [0.2, 0.25) is 0 Å². The Hall–Kier alpha value is -2.19. The van der Waals surface area contributed by atoms with Crippen molar-refractivity contribution >= 4 is 5.97 Å². The van der Waals surface area contributed by atoms with Gasteiger partial charge in [-0.05, 0) is 33.9 Å². The van der Waals surface area contributed by atoms with Crippen molar-refractivity contribution < 1.29 is 95.2 Å². The van der Waals surface area contributed by atoms with Crippen molar-refractivity contribution in [2.24, 2.45) is 0 Å². The molecule has 72 heavy (non-hydrogen) atoms. The first-order valence-corrected chi connectivity index (χ1v) is 25.7. The van der Waals surface area contributed by atoms with Gasteiger partial charge in [-0.25, -0.2) is 0 Å². The molecule has 1 aromatic carbocycles. The Labute approximate surface area is 431 Å². The van der Waals surface area contributed by atoms with E-state index in [0.29, 0.717) is 230 Å². The number of carbonyl (C=O) groups excluding carboxylic acids is 1. The van der Waals surface area contributed by atoms with E-state index >= 15 is 0 Å². The zero-order chi connectivity index (χ0) is 52.5. The number of phenolic OH excluding ortho intramolecular Hbond substituents is 1. The summed E-state index contributed by atoms with van der Waals surface area (Å²) in [6.45, 7) is 28.6. The SMILES string of the molecule is COCCOCCOCCOCCOCCOCCOCCOCCOCCOCCOCCOCCOCCOCCOCCOCCOCCOC(=O)CCc1cc(C(C)(C)C)c(O)c(C(C)(C)C)c1. The molecule has 1 N–H and O–H groups in total. The Morgan fingerprint density at radius 2 is 0.542 bits per heavy atom. The molecule has 0 atom stereocenters. The van der Waals surface area contributed by atoms with Crippen LogP contribution in [0, 0.1) is 0 Å². The number of phenols is 1. The lowest BCUT2D eigenvalue weighted by Crippen LogP contribution is -2.18. The highest BCUT2D eigenvalue weighted by Gasteiger charge is 2.26. The average molecular weight is 1040 g/mol. The number of benzene rings is 1. The normalized spacial score (nSPS) is 12.1. The molecule has 0 amide bonds. The zero-order valence-corrected chi connectivity index (χ0v) is 45.3. The van der Waals surface area contributed by atoms with E-state index < -0.39 is 0 Å². The van der Waals surface area contributed by atoms with Crippen LogP contribution < -0.4 is 0 Å². The molecule has 0 fully saturated rings. The van der Waals surface area contributed by atoms with Gasteiger partial charge in [0.05, 0.1) is 218 Å². The Morgan fingerprint density at radius 3 is 0.736 bits per heavy atom. The van der Waals surface area contributed by atoms with E-state index in [9.17, 15) is 9.90 Å². The molecule has 1 aromatic rings. The topological polar surface area (TPSA) is 203 Å². The second-order valence-corrected chi connectivity index (χ2v) is 18.1. The lowest BCUT2D eigenvalue weighted by molar-refractivity contribution is -0.145. The summed E-state index contributed by atoms with van der Waals surface area (Å²) < 4.78 is 98.1. The van der Waals surface area contributed by atoms with Crippen molar-refractivity contribution in [3.63, 3.8) is 0 Å². The van der Waals surface area contributed by atoms with Gasteiger partial charge in [-0.1, -0.05) is 53.7 Å². The monoisotopic (exact) mass is 1040 g/mol. The maximum atomic E-state index is 12.4. The summed E-state index contributed by atoms with van der Waals surface area (Å²) in [6, 6.07) is 4.00. The molecular weight excluding hydrogens is 945 g/mol. The molecule has 0 spiro atoms. The Morgan fingerprint density at radius 1 is 0.347 bits per heavy atom. The minimum atomic E-state index is -0.279. The molecule has 0 bridgehead atoms. The van der Waals surface area contributed by atoms with Crippen LogP contribution >= 0.6 is 0 Å². The lowest BCUT2D eigenvalue weighted by atomic mass is 9.78. The molecule has 0 saturated carbocycles. The number of carbonyl (C=O) groups is 1. The van der Waals surface area contributed by atoms with Crippen molar-refractivity contribution in [3.8, 4) is 5.75 Å². The van der Waals surface area contributed by atoms with Gasteiger partial charge < -0.3 is 90.4 Å². The third-order valence-electron chi connectivity index (χ3n) is 9.91. The third-order valence-corrected chi connectivity index (χ3v) is 9.91. The summed E-state index contributed by atoms with van der Waals surface area (Å²) in [5, 5.41) is 10.9. The summed E-state index contributed by atoms with van der Waals surface area (Å²) in [5.74, 6) is 0.0548. The van der Waals surface area contributed by atoms with Gasteiger partial charge in [0.1, 0.15) is 12.4 Å². The molecule has 0 radical (unpaired) electrons. The van der Waals surface area contributed by atoms with Crippen molar-refractivity contribution in [1.29, 1.82) is 0 Å². The fourth-order valence-corrected chi connectivity index (χ4v) is 6.06. The molecule has 0 aliphatic heterocycles. The van der Waals surface area contributed by atoms with E-state index in [1.165, 1.54) is 0 Å².